The smallest absolute Gasteiger partial charge is 0.453 e. The van der Waals surface area contributed by atoms with Gasteiger partial charge in [0.05, 0.1) is 36.9 Å². The Hall–Kier alpha value is -5.78. The first kappa shape index (κ1) is 45.3. The van der Waals surface area contributed by atoms with Crippen molar-refractivity contribution in [1.82, 2.24) is 30.1 Å². The van der Waals surface area contributed by atoms with E-state index >= 15 is 0 Å². The van der Waals surface area contributed by atoms with E-state index < -0.39 is 30.2 Å². The zero-order valence-electron chi connectivity index (χ0n) is 36.3. The van der Waals surface area contributed by atoms with E-state index in [1.165, 1.54) is 25.4 Å². The minimum Gasteiger partial charge on any atom is -0.453 e. The summed E-state index contributed by atoms with van der Waals surface area (Å²) in [5.41, 5.74) is 2.22. The van der Waals surface area contributed by atoms with Gasteiger partial charge >= 0.3 is 12.5 Å². The molecule has 7 rings (SSSR count). The molecule has 14 nitrogen and oxygen atoms in total. The number of aromatic amines is 1. The molecule has 2 aromatic heterocycles. The number of likely N-dealkylation sites (tertiary alicyclic amines) is 1. The number of hydrogen-bond donors (Lipinski definition) is 3. The maximum atomic E-state index is 13.8. The number of rotatable bonds is 12. The highest BCUT2D eigenvalue weighted by Gasteiger charge is 2.52. The van der Waals surface area contributed by atoms with Crippen molar-refractivity contribution < 1.29 is 41.8 Å². The summed E-state index contributed by atoms with van der Waals surface area (Å²) in [6, 6.07) is 12.9. The number of thioether (sulfide) groups is 1. The number of imidazole rings is 1. The number of H-pyrrole nitrogens is 1. The van der Waals surface area contributed by atoms with Crippen molar-refractivity contribution in [1.29, 1.82) is 0 Å². The van der Waals surface area contributed by atoms with E-state index in [1.807, 2.05) is 31.9 Å². The van der Waals surface area contributed by atoms with E-state index in [9.17, 15) is 32.3 Å². The Bertz CT molecular complexity index is 2320. The number of alkyl carbamates (subject to hydrolysis) is 1. The summed E-state index contributed by atoms with van der Waals surface area (Å²) in [5, 5.41) is 5.52. The lowest BCUT2D eigenvalue weighted by molar-refractivity contribution is -0.274. The van der Waals surface area contributed by atoms with Gasteiger partial charge in [-0.15, -0.1) is 13.2 Å². The van der Waals surface area contributed by atoms with E-state index in [0.29, 0.717) is 66.8 Å². The Morgan fingerprint density at radius 3 is 2.29 bits per heavy atom. The van der Waals surface area contributed by atoms with Crippen LogP contribution >= 0.6 is 11.8 Å². The minimum absolute atomic E-state index is 0.0280. The van der Waals surface area contributed by atoms with E-state index in [0.717, 1.165) is 12.5 Å². The normalized spacial score (nSPS) is 21.2. The number of anilines is 2. The number of nitrogens with zero attached hydrogens (tertiary/aromatic N) is 5. The highest BCUT2D eigenvalue weighted by molar-refractivity contribution is 7.99. The molecule has 5 unspecified atom stereocenters. The molecular weight excluding hydrogens is 838 g/mol. The van der Waals surface area contributed by atoms with Crippen LogP contribution in [-0.2, 0) is 14.3 Å². The van der Waals surface area contributed by atoms with Gasteiger partial charge in [-0.1, -0.05) is 52.0 Å². The molecule has 2 saturated heterocycles. The van der Waals surface area contributed by atoms with E-state index in [2.05, 4.69) is 49.1 Å². The lowest BCUT2D eigenvalue weighted by Gasteiger charge is -2.41. The number of halogens is 3. The summed E-state index contributed by atoms with van der Waals surface area (Å²) in [6.45, 7) is 12.2. The molecule has 2 aliphatic heterocycles. The van der Waals surface area contributed by atoms with Crippen molar-refractivity contribution >= 4 is 47.1 Å². The van der Waals surface area contributed by atoms with Crippen molar-refractivity contribution in [2.45, 2.75) is 77.2 Å². The Balaban J connectivity index is 1.03. The second kappa shape index (κ2) is 18.1. The Kier molecular flexibility index (Phi) is 13.0. The van der Waals surface area contributed by atoms with E-state index in [4.69, 9.17) is 4.74 Å². The number of ether oxygens (including phenoxy) is 2. The van der Waals surface area contributed by atoms with Gasteiger partial charge in [0.1, 0.15) is 23.4 Å². The lowest BCUT2D eigenvalue weighted by atomic mass is 10.00. The van der Waals surface area contributed by atoms with Crippen LogP contribution in [0.4, 0.5) is 29.5 Å². The maximum Gasteiger partial charge on any atom is 0.573 e. The van der Waals surface area contributed by atoms with E-state index in [1.54, 1.807) is 59.3 Å². The summed E-state index contributed by atoms with van der Waals surface area (Å²) in [5.74, 6) is -0.106. The van der Waals surface area contributed by atoms with Gasteiger partial charge in [-0.25, -0.2) is 14.8 Å². The van der Waals surface area contributed by atoms with Crippen LogP contribution in [0.3, 0.4) is 0 Å². The molecule has 4 heterocycles. The summed E-state index contributed by atoms with van der Waals surface area (Å²) < 4.78 is 50.4. The number of alkyl halides is 3. The number of piperazine rings is 1. The number of carbonyl (C=O) groups is 4. The molecule has 3 fully saturated rings. The average Bonchev–Trinajstić information content (AvgIpc) is 3.55. The van der Waals surface area contributed by atoms with E-state index in [-0.39, 0.29) is 57.5 Å². The van der Waals surface area contributed by atoms with Crippen LogP contribution < -0.4 is 20.3 Å². The van der Waals surface area contributed by atoms with Crippen molar-refractivity contribution in [2.75, 3.05) is 49.8 Å². The third-order valence-corrected chi connectivity index (χ3v) is 13.2. The molecule has 18 heteroatoms. The van der Waals surface area contributed by atoms with Crippen LogP contribution in [0.5, 0.6) is 5.75 Å². The molecule has 5 atom stereocenters. The molecule has 63 heavy (non-hydrogen) atoms. The Morgan fingerprint density at radius 1 is 0.968 bits per heavy atom. The van der Waals surface area contributed by atoms with Crippen LogP contribution in [0.1, 0.15) is 69.7 Å². The number of nitrogens with one attached hydrogen (secondary N) is 3. The molecular formula is C45H53F3N8O6S. The lowest BCUT2D eigenvalue weighted by Crippen LogP contribution is -2.54. The zero-order valence-corrected chi connectivity index (χ0v) is 37.1. The van der Waals surface area contributed by atoms with Crippen LogP contribution in [0, 0.1) is 17.3 Å². The van der Waals surface area contributed by atoms with Gasteiger partial charge in [-0.2, -0.15) is 11.8 Å². The quantitative estimate of drug-likeness (QED) is 0.128. The predicted octanol–water partition coefficient (Wildman–Crippen LogP) is 7.76. The van der Waals surface area contributed by atoms with Gasteiger partial charge < -0.3 is 39.8 Å². The molecule has 3 N–H and O–H groups in total. The first-order chi connectivity index (χ1) is 29.8. The van der Waals surface area contributed by atoms with Crippen molar-refractivity contribution in [3.05, 3.63) is 78.4 Å². The number of hydrogen-bond acceptors (Lipinski definition) is 10. The summed E-state index contributed by atoms with van der Waals surface area (Å²) >= 11 is 1.64. The first-order valence-corrected chi connectivity index (χ1v) is 22.2. The van der Waals surface area contributed by atoms with Crippen LogP contribution in [0.2, 0.25) is 0 Å². The van der Waals surface area contributed by atoms with Crippen molar-refractivity contribution in [3.63, 3.8) is 0 Å². The second-order valence-corrected chi connectivity index (χ2v) is 18.5. The molecule has 3 aliphatic rings. The Morgan fingerprint density at radius 2 is 1.68 bits per heavy atom. The number of carbonyl (C=O) groups excluding carboxylic acids is 4. The molecule has 1 aliphatic carbocycles. The molecule has 1 saturated carbocycles. The standard InChI is InChI=1S/C45H53F3N8O6S/c1-25(2)38(53-43(60)61-6)42(59)56-24-31(63-7)19-35(56)39-50-22-34(52-39)28-10-8-27(9-11-28)32-14-12-29(18-36(32)62-45(46,47)48)40(57)51-30-13-15-37(49-21-30)55-17-16-54(23-26(55)3)41(58)33-20-44(33,4)5/h8-15,18,21-22,25-26,31,33,35,38H,16-17,19-20,23-24H2,1-7H3,(H,50,52)(H,51,57)(H,53,60). The van der Waals surface area contributed by atoms with Gasteiger partial charge in [0.15, 0.2) is 0 Å². The number of pyridine rings is 1. The molecule has 4 amide bonds. The van der Waals surface area contributed by atoms with Crippen LogP contribution in [-0.4, -0.2) is 112 Å². The second-order valence-electron chi connectivity index (χ2n) is 17.4. The molecule has 0 radical (unpaired) electrons. The number of methoxy groups -OCH3 is 1. The number of benzene rings is 2. The summed E-state index contributed by atoms with van der Waals surface area (Å²) in [4.78, 5) is 70.4. The highest BCUT2D eigenvalue weighted by atomic mass is 32.2. The third kappa shape index (κ3) is 10.2. The van der Waals surface area contributed by atoms with Crippen molar-refractivity contribution in [3.8, 4) is 28.1 Å². The zero-order chi connectivity index (χ0) is 45.4. The van der Waals surface area contributed by atoms with Crippen LogP contribution in [0.15, 0.2) is 67.0 Å². The molecule has 0 spiro atoms. The SMILES string of the molecule is COC(=O)NC(C(=O)N1CC(SC)CC1c1ncc(-c2ccc(-c3ccc(C(=O)Nc4ccc(N5CCN(C(=O)C6CC6(C)C)CC5C)nc4)cc3OC(F)(F)F)cc2)[nH]1)C(C)C. The fourth-order valence-electron chi connectivity index (χ4n) is 8.38. The average molecular weight is 891 g/mol. The van der Waals surface area contributed by atoms with Gasteiger partial charge in [-0.05, 0) is 78.8 Å². The summed E-state index contributed by atoms with van der Waals surface area (Å²) in [6.07, 6.45) is 0.939. The number of amides is 4. The number of aromatic nitrogens is 3. The molecule has 0 bridgehead atoms. The first-order valence-electron chi connectivity index (χ1n) is 20.9. The van der Waals surface area contributed by atoms with Gasteiger partial charge in [0, 0.05) is 54.5 Å². The van der Waals surface area contributed by atoms with Gasteiger partial charge in [0.2, 0.25) is 11.8 Å². The minimum atomic E-state index is -5.03. The third-order valence-electron chi connectivity index (χ3n) is 12.2. The fourth-order valence-corrected chi connectivity index (χ4v) is 9.07. The maximum absolute atomic E-state index is 13.8. The Labute approximate surface area is 368 Å². The monoisotopic (exact) mass is 890 g/mol. The summed E-state index contributed by atoms with van der Waals surface area (Å²) in [7, 11) is 1.24. The largest absolute Gasteiger partial charge is 0.573 e. The van der Waals surface area contributed by atoms with Gasteiger partial charge in [-0.3, -0.25) is 14.4 Å². The predicted molar refractivity (Wildman–Crippen MR) is 234 cm³/mol. The van der Waals surface area contributed by atoms with Gasteiger partial charge in [0.25, 0.3) is 5.91 Å². The topological polar surface area (TPSA) is 162 Å². The highest BCUT2D eigenvalue weighted by Crippen LogP contribution is 2.52. The fraction of sp³-hybridized carbons (Fsp3) is 0.467. The molecule has 4 aromatic rings. The molecule has 2 aromatic carbocycles. The molecule has 336 valence electrons. The van der Waals surface area contributed by atoms with Crippen LogP contribution in [0.25, 0.3) is 22.4 Å². The van der Waals surface area contributed by atoms with Crippen molar-refractivity contribution in [2.24, 2.45) is 17.3 Å².